The summed E-state index contributed by atoms with van der Waals surface area (Å²) in [7, 11) is 0. The maximum absolute atomic E-state index is 11.7. The summed E-state index contributed by atoms with van der Waals surface area (Å²) in [6.45, 7) is 1.83. The summed E-state index contributed by atoms with van der Waals surface area (Å²) >= 11 is 1.40. The number of hydrogen-bond donors (Lipinski definition) is 2. The number of nitrogens with zero attached hydrogens (tertiary/aromatic N) is 1. The van der Waals surface area contributed by atoms with Crippen LogP contribution in [0.3, 0.4) is 0 Å². The molecule has 0 fully saturated rings. The van der Waals surface area contributed by atoms with Crippen LogP contribution in [0.5, 0.6) is 11.5 Å². The Morgan fingerprint density at radius 3 is 2.96 bits per heavy atom. The summed E-state index contributed by atoms with van der Waals surface area (Å²) in [6, 6.07) is 5.77. The van der Waals surface area contributed by atoms with E-state index in [2.05, 4.69) is 10.3 Å². The van der Waals surface area contributed by atoms with Gasteiger partial charge in [0.1, 0.15) is 0 Å². The monoisotopic (exact) mass is 333 g/mol. The number of benzene rings is 1. The van der Waals surface area contributed by atoms with Crippen LogP contribution in [-0.4, -0.2) is 30.6 Å². The predicted octanol–water partition coefficient (Wildman–Crippen LogP) is 2.65. The number of carbonyl (C=O) groups is 1. The van der Waals surface area contributed by atoms with Crippen LogP contribution in [0.1, 0.15) is 19.3 Å². The van der Waals surface area contributed by atoms with E-state index < -0.39 is 0 Å². The van der Waals surface area contributed by atoms with Gasteiger partial charge in [-0.25, -0.2) is 4.98 Å². The summed E-state index contributed by atoms with van der Waals surface area (Å²) in [5.74, 6) is 1.44. The molecule has 1 aromatic carbocycles. The van der Waals surface area contributed by atoms with Crippen molar-refractivity contribution in [1.29, 1.82) is 0 Å². The van der Waals surface area contributed by atoms with Crippen molar-refractivity contribution in [2.24, 2.45) is 5.73 Å². The van der Waals surface area contributed by atoms with Crippen LogP contribution in [-0.2, 0) is 4.79 Å². The molecule has 6 nitrogen and oxygen atoms in total. The molecule has 23 heavy (non-hydrogen) atoms. The quantitative estimate of drug-likeness (QED) is 0.878. The highest BCUT2D eigenvalue weighted by atomic mass is 32.1. The van der Waals surface area contributed by atoms with Crippen molar-refractivity contribution in [3.8, 4) is 22.8 Å². The Balaban J connectivity index is 1.72. The third-order valence-electron chi connectivity index (χ3n) is 3.40. The minimum absolute atomic E-state index is 0.0602. The average molecular weight is 333 g/mol. The van der Waals surface area contributed by atoms with E-state index >= 15 is 0 Å². The smallest absolute Gasteiger partial charge is 0.226 e. The number of amides is 1. The first-order valence-corrected chi connectivity index (χ1v) is 8.49. The average Bonchev–Trinajstić information content (AvgIpc) is 2.89. The number of carbonyl (C=O) groups excluding carboxylic acids is 1. The molecule has 122 valence electrons. The zero-order chi connectivity index (χ0) is 16.1. The number of anilines is 1. The van der Waals surface area contributed by atoms with Gasteiger partial charge in [0.05, 0.1) is 18.9 Å². The lowest BCUT2D eigenvalue weighted by atomic mass is 10.1. The Kier molecular flexibility index (Phi) is 5.09. The molecule has 2 heterocycles. The second-order valence-corrected chi connectivity index (χ2v) is 6.05. The summed E-state index contributed by atoms with van der Waals surface area (Å²) < 4.78 is 11.3. The minimum Gasteiger partial charge on any atom is -0.490 e. The lowest BCUT2D eigenvalue weighted by Gasteiger charge is -2.08. The van der Waals surface area contributed by atoms with E-state index in [4.69, 9.17) is 15.2 Å². The van der Waals surface area contributed by atoms with Gasteiger partial charge in [-0.1, -0.05) is 0 Å². The van der Waals surface area contributed by atoms with E-state index in [0.29, 0.717) is 37.7 Å². The normalized spacial score (nSPS) is 13.4. The second-order valence-electron chi connectivity index (χ2n) is 5.19. The summed E-state index contributed by atoms with van der Waals surface area (Å²) in [4.78, 5) is 16.2. The van der Waals surface area contributed by atoms with E-state index in [0.717, 1.165) is 29.2 Å². The van der Waals surface area contributed by atoms with Crippen LogP contribution in [0.25, 0.3) is 11.3 Å². The zero-order valence-electron chi connectivity index (χ0n) is 12.7. The van der Waals surface area contributed by atoms with Crippen LogP contribution >= 0.6 is 11.3 Å². The maximum atomic E-state index is 11.7. The highest BCUT2D eigenvalue weighted by Gasteiger charge is 2.13. The zero-order valence-corrected chi connectivity index (χ0v) is 13.5. The number of aromatic nitrogens is 1. The number of nitrogens with one attached hydrogen (secondary N) is 1. The minimum atomic E-state index is -0.0602. The molecule has 1 aliphatic rings. The molecule has 0 unspecified atom stereocenters. The highest BCUT2D eigenvalue weighted by molar-refractivity contribution is 7.14. The van der Waals surface area contributed by atoms with E-state index in [1.54, 1.807) is 0 Å². The fraction of sp³-hybridized carbons (Fsp3) is 0.375. The molecule has 0 bridgehead atoms. The van der Waals surface area contributed by atoms with Crippen molar-refractivity contribution in [3.63, 3.8) is 0 Å². The molecule has 0 atom stereocenters. The van der Waals surface area contributed by atoms with Crippen LogP contribution in [0.4, 0.5) is 5.13 Å². The summed E-state index contributed by atoms with van der Waals surface area (Å²) in [5, 5.41) is 5.30. The SMILES string of the molecule is NCCCC(=O)Nc1nc(-c2ccc3c(c2)OCCCO3)cs1. The molecule has 7 heteroatoms. The third kappa shape index (κ3) is 4.00. The molecule has 0 spiro atoms. The second kappa shape index (κ2) is 7.43. The van der Waals surface area contributed by atoms with Crippen molar-refractivity contribution in [3.05, 3.63) is 23.6 Å². The number of rotatable bonds is 5. The highest BCUT2D eigenvalue weighted by Crippen LogP contribution is 2.35. The van der Waals surface area contributed by atoms with E-state index in [9.17, 15) is 4.79 Å². The van der Waals surface area contributed by atoms with Gasteiger partial charge in [-0.15, -0.1) is 11.3 Å². The van der Waals surface area contributed by atoms with Crippen molar-refractivity contribution >= 4 is 22.4 Å². The Bertz CT molecular complexity index is 687. The Hall–Kier alpha value is -2.12. The molecule has 0 aliphatic carbocycles. The lowest BCUT2D eigenvalue weighted by molar-refractivity contribution is -0.116. The Morgan fingerprint density at radius 1 is 1.30 bits per heavy atom. The molecule has 1 aromatic heterocycles. The molecular formula is C16H19N3O3S. The summed E-state index contributed by atoms with van der Waals surface area (Å²) in [6.07, 6.45) is 1.96. The van der Waals surface area contributed by atoms with E-state index in [1.165, 1.54) is 11.3 Å². The van der Waals surface area contributed by atoms with E-state index in [1.807, 2.05) is 23.6 Å². The van der Waals surface area contributed by atoms with Gasteiger partial charge >= 0.3 is 0 Å². The fourth-order valence-electron chi connectivity index (χ4n) is 2.23. The standard InChI is InChI=1S/C16H19N3O3S/c17-6-1-3-15(20)19-16-18-12(10-23-16)11-4-5-13-14(9-11)22-8-2-7-21-13/h4-5,9-10H,1-3,6-8,17H2,(H,18,19,20). The van der Waals surface area contributed by atoms with Gasteiger partial charge in [-0.2, -0.15) is 0 Å². The van der Waals surface area contributed by atoms with Crippen LogP contribution in [0.2, 0.25) is 0 Å². The Labute approximate surface area is 138 Å². The lowest BCUT2D eigenvalue weighted by Crippen LogP contribution is -2.13. The van der Waals surface area contributed by atoms with Crippen molar-refractivity contribution in [1.82, 2.24) is 4.98 Å². The number of nitrogens with two attached hydrogens (primary N) is 1. The molecule has 0 radical (unpaired) electrons. The largest absolute Gasteiger partial charge is 0.490 e. The molecule has 1 amide bonds. The van der Waals surface area contributed by atoms with Gasteiger partial charge < -0.3 is 20.5 Å². The predicted molar refractivity (Wildman–Crippen MR) is 90.1 cm³/mol. The van der Waals surface area contributed by atoms with Crippen molar-refractivity contribution in [2.75, 3.05) is 25.1 Å². The number of ether oxygens (including phenoxy) is 2. The number of hydrogen-bond acceptors (Lipinski definition) is 6. The van der Waals surface area contributed by atoms with Gasteiger partial charge in [0.2, 0.25) is 5.91 Å². The van der Waals surface area contributed by atoms with Gasteiger partial charge in [0.15, 0.2) is 16.6 Å². The van der Waals surface area contributed by atoms with Gasteiger partial charge in [0.25, 0.3) is 0 Å². The first-order valence-electron chi connectivity index (χ1n) is 7.62. The number of fused-ring (bicyclic) bond motifs is 1. The van der Waals surface area contributed by atoms with Gasteiger partial charge in [-0.3, -0.25) is 4.79 Å². The first-order chi connectivity index (χ1) is 11.3. The fourth-order valence-corrected chi connectivity index (χ4v) is 2.97. The molecule has 3 rings (SSSR count). The first kappa shape index (κ1) is 15.8. The van der Waals surface area contributed by atoms with Gasteiger partial charge in [-0.05, 0) is 31.2 Å². The van der Waals surface area contributed by atoms with Gasteiger partial charge in [0, 0.05) is 23.8 Å². The Morgan fingerprint density at radius 2 is 2.13 bits per heavy atom. The van der Waals surface area contributed by atoms with Crippen molar-refractivity contribution in [2.45, 2.75) is 19.3 Å². The molecule has 3 N–H and O–H groups in total. The molecule has 2 aromatic rings. The maximum Gasteiger partial charge on any atom is 0.226 e. The van der Waals surface area contributed by atoms with Crippen molar-refractivity contribution < 1.29 is 14.3 Å². The van der Waals surface area contributed by atoms with Crippen LogP contribution in [0, 0.1) is 0 Å². The molecular weight excluding hydrogens is 314 g/mol. The third-order valence-corrected chi connectivity index (χ3v) is 4.16. The topological polar surface area (TPSA) is 86.5 Å². The van der Waals surface area contributed by atoms with Crippen LogP contribution in [0.15, 0.2) is 23.6 Å². The van der Waals surface area contributed by atoms with Crippen LogP contribution < -0.4 is 20.5 Å². The summed E-state index contributed by atoms with van der Waals surface area (Å²) in [5.41, 5.74) is 7.15. The number of thiazole rings is 1. The molecule has 0 saturated carbocycles. The molecule has 1 aliphatic heterocycles. The molecule has 0 saturated heterocycles. The van der Waals surface area contributed by atoms with E-state index in [-0.39, 0.29) is 5.91 Å².